The van der Waals surface area contributed by atoms with Crippen LogP contribution in [0.2, 0.25) is 0 Å². The fourth-order valence-corrected chi connectivity index (χ4v) is 2.54. The number of ketones is 1. The number of carbonyl (C=O) groups excluding carboxylic acids is 1. The molecule has 0 saturated heterocycles. The highest BCUT2D eigenvalue weighted by atomic mass is 19.4. The number of aliphatic hydroxyl groups is 1. The van der Waals surface area contributed by atoms with Crippen molar-refractivity contribution in [2.24, 2.45) is 23.7 Å². The van der Waals surface area contributed by atoms with Crippen molar-refractivity contribution >= 4 is 5.78 Å². The Kier molecular flexibility index (Phi) is 7.31. The minimum atomic E-state index is -4.37. The number of alkyl halides is 3. The van der Waals surface area contributed by atoms with E-state index in [1.54, 1.807) is 6.92 Å². The Morgan fingerprint density at radius 2 is 1.60 bits per heavy atom. The molecule has 2 nitrogen and oxygen atoms in total. The lowest BCUT2D eigenvalue weighted by Crippen LogP contribution is -2.23. The Labute approximate surface area is 119 Å². The molecule has 0 aliphatic heterocycles. The standard InChI is InChI=1S/C15H25F3O2/c1-6-11(8-15(16,17)18)12(19)7-13(20)14(9(2)3)10(4)5/h7,9-11,14,20H,6,8H2,1-5H3/b13-7-. The van der Waals surface area contributed by atoms with Crippen LogP contribution in [0.4, 0.5) is 13.2 Å². The van der Waals surface area contributed by atoms with Crippen LogP contribution in [-0.2, 0) is 4.79 Å². The lowest BCUT2D eigenvalue weighted by atomic mass is 9.83. The molecule has 118 valence electrons. The number of hydrogen-bond acceptors (Lipinski definition) is 2. The highest BCUT2D eigenvalue weighted by Crippen LogP contribution is 2.30. The molecule has 0 fully saturated rings. The summed E-state index contributed by atoms with van der Waals surface area (Å²) in [7, 11) is 0. The third kappa shape index (κ3) is 6.44. The molecule has 0 amide bonds. The quantitative estimate of drug-likeness (QED) is 0.535. The number of allylic oxidation sites excluding steroid dienone is 2. The van der Waals surface area contributed by atoms with E-state index in [2.05, 4.69) is 0 Å². The predicted octanol–water partition coefficient (Wildman–Crippen LogP) is 4.90. The molecular weight excluding hydrogens is 269 g/mol. The van der Waals surface area contributed by atoms with E-state index in [0.717, 1.165) is 6.08 Å². The summed E-state index contributed by atoms with van der Waals surface area (Å²) >= 11 is 0. The summed E-state index contributed by atoms with van der Waals surface area (Å²) in [6.07, 6.45) is -4.41. The van der Waals surface area contributed by atoms with Crippen LogP contribution in [0.5, 0.6) is 0 Å². The lowest BCUT2D eigenvalue weighted by molar-refractivity contribution is -0.151. The lowest BCUT2D eigenvalue weighted by Gasteiger charge is -2.24. The predicted molar refractivity (Wildman–Crippen MR) is 73.3 cm³/mol. The third-order valence-electron chi connectivity index (χ3n) is 3.44. The van der Waals surface area contributed by atoms with E-state index in [1.165, 1.54) is 0 Å². The Bertz CT molecular complexity index is 336. The van der Waals surface area contributed by atoms with Crippen LogP contribution in [0.25, 0.3) is 0 Å². The summed E-state index contributed by atoms with van der Waals surface area (Å²) in [5.41, 5.74) is 0. The van der Waals surface area contributed by atoms with Gasteiger partial charge in [-0.2, -0.15) is 13.2 Å². The van der Waals surface area contributed by atoms with Crippen molar-refractivity contribution in [3.63, 3.8) is 0 Å². The minimum Gasteiger partial charge on any atom is -0.512 e. The van der Waals surface area contributed by atoms with Gasteiger partial charge in [0.2, 0.25) is 0 Å². The zero-order valence-corrected chi connectivity index (χ0v) is 12.8. The first kappa shape index (κ1) is 19.0. The van der Waals surface area contributed by atoms with Crippen molar-refractivity contribution < 1.29 is 23.1 Å². The fraction of sp³-hybridized carbons (Fsp3) is 0.800. The van der Waals surface area contributed by atoms with E-state index >= 15 is 0 Å². The molecule has 0 saturated carbocycles. The summed E-state index contributed by atoms with van der Waals surface area (Å²) in [5, 5.41) is 10.0. The number of aliphatic hydroxyl groups excluding tert-OH is 1. The molecule has 0 aliphatic rings. The zero-order chi connectivity index (χ0) is 16.1. The van der Waals surface area contributed by atoms with Gasteiger partial charge < -0.3 is 5.11 Å². The fourth-order valence-electron chi connectivity index (χ4n) is 2.54. The van der Waals surface area contributed by atoms with Crippen LogP contribution < -0.4 is 0 Å². The first-order valence-electron chi connectivity index (χ1n) is 7.00. The van der Waals surface area contributed by atoms with Gasteiger partial charge in [0.25, 0.3) is 0 Å². The number of hydrogen-bond donors (Lipinski definition) is 1. The summed E-state index contributed by atoms with van der Waals surface area (Å²) in [6.45, 7) is 9.18. The van der Waals surface area contributed by atoms with Crippen LogP contribution >= 0.6 is 0 Å². The summed E-state index contributed by atoms with van der Waals surface area (Å²) in [6, 6.07) is 0. The highest BCUT2D eigenvalue weighted by Gasteiger charge is 2.34. The van der Waals surface area contributed by atoms with Gasteiger partial charge in [-0.15, -0.1) is 0 Å². The van der Waals surface area contributed by atoms with Gasteiger partial charge in [0.1, 0.15) is 0 Å². The van der Waals surface area contributed by atoms with Gasteiger partial charge in [-0.3, -0.25) is 4.79 Å². The average Bonchev–Trinajstić information content (AvgIpc) is 2.22. The van der Waals surface area contributed by atoms with E-state index in [0.29, 0.717) is 0 Å². The third-order valence-corrected chi connectivity index (χ3v) is 3.44. The van der Waals surface area contributed by atoms with Gasteiger partial charge in [-0.1, -0.05) is 34.6 Å². The van der Waals surface area contributed by atoms with Crippen LogP contribution in [0, 0.1) is 23.7 Å². The first-order chi connectivity index (χ1) is 8.99. The smallest absolute Gasteiger partial charge is 0.389 e. The molecule has 0 aromatic rings. The van der Waals surface area contributed by atoms with Gasteiger partial charge in [0.05, 0.1) is 12.2 Å². The number of rotatable bonds is 7. The zero-order valence-electron chi connectivity index (χ0n) is 12.8. The second-order valence-electron chi connectivity index (χ2n) is 5.91. The number of carbonyl (C=O) groups is 1. The Morgan fingerprint density at radius 3 is 1.90 bits per heavy atom. The molecule has 20 heavy (non-hydrogen) atoms. The monoisotopic (exact) mass is 294 g/mol. The molecule has 0 aromatic heterocycles. The van der Waals surface area contributed by atoms with E-state index in [9.17, 15) is 23.1 Å². The van der Waals surface area contributed by atoms with Crippen molar-refractivity contribution in [1.82, 2.24) is 0 Å². The summed E-state index contributed by atoms with van der Waals surface area (Å²) in [5.74, 6) is -1.86. The second-order valence-corrected chi connectivity index (χ2v) is 5.91. The van der Waals surface area contributed by atoms with Gasteiger partial charge >= 0.3 is 6.18 Å². The van der Waals surface area contributed by atoms with Crippen LogP contribution in [0.1, 0.15) is 47.5 Å². The van der Waals surface area contributed by atoms with Gasteiger partial charge in [-0.05, 0) is 18.3 Å². The first-order valence-corrected chi connectivity index (χ1v) is 7.00. The topological polar surface area (TPSA) is 37.3 Å². The molecule has 0 bridgehead atoms. The molecule has 0 spiro atoms. The SMILES string of the molecule is CCC(CC(F)(F)F)C(=O)/C=C(\O)C(C(C)C)C(C)C. The molecule has 0 rings (SSSR count). The van der Waals surface area contributed by atoms with Gasteiger partial charge in [0.15, 0.2) is 5.78 Å². The van der Waals surface area contributed by atoms with Crippen LogP contribution in [0.3, 0.4) is 0 Å². The van der Waals surface area contributed by atoms with Crippen LogP contribution in [0.15, 0.2) is 11.8 Å². The van der Waals surface area contributed by atoms with Crippen LogP contribution in [-0.4, -0.2) is 17.1 Å². The van der Waals surface area contributed by atoms with Crippen molar-refractivity contribution in [3.8, 4) is 0 Å². The molecule has 5 heteroatoms. The largest absolute Gasteiger partial charge is 0.512 e. The van der Waals surface area contributed by atoms with E-state index in [1.807, 2.05) is 27.7 Å². The number of halogens is 3. The van der Waals surface area contributed by atoms with Gasteiger partial charge in [-0.25, -0.2) is 0 Å². The molecule has 0 heterocycles. The second kappa shape index (κ2) is 7.70. The average molecular weight is 294 g/mol. The molecule has 0 radical (unpaired) electrons. The van der Waals surface area contributed by atoms with E-state index in [4.69, 9.17) is 0 Å². The van der Waals surface area contributed by atoms with Crippen molar-refractivity contribution in [3.05, 3.63) is 11.8 Å². The van der Waals surface area contributed by atoms with E-state index in [-0.39, 0.29) is 29.9 Å². The molecule has 0 aliphatic carbocycles. The maximum atomic E-state index is 12.4. The summed E-state index contributed by atoms with van der Waals surface area (Å²) < 4.78 is 37.1. The maximum absolute atomic E-state index is 12.4. The minimum absolute atomic E-state index is 0.107. The van der Waals surface area contributed by atoms with Gasteiger partial charge in [0, 0.05) is 17.9 Å². The Balaban J connectivity index is 5.04. The molecule has 0 aromatic carbocycles. The molecular formula is C15H25F3O2. The molecule has 1 N–H and O–H groups in total. The van der Waals surface area contributed by atoms with E-state index < -0.39 is 24.3 Å². The maximum Gasteiger partial charge on any atom is 0.389 e. The Morgan fingerprint density at radius 1 is 1.15 bits per heavy atom. The van der Waals surface area contributed by atoms with Crippen molar-refractivity contribution in [2.45, 2.75) is 53.6 Å². The molecule has 1 atom stereocenters. The normalized spacial score (nSPS) is 15.2. The van der Waals surface area contributed by atoms with Crippen molar-refractivity contribution in [2.75, 3.05) is 0 Å². The summed E-state index contributed by atoms with van der Waals surface area (Å²) in [4.78, 5) is 11.9. The highest BCUT2D eigenvalue weighted by molar-refractivity contribution is 5.92. The van der Waals surface area contributed by atoms with Crippen molar-refractivity contribution in [1.29, 1.82) is 0 Å². The Hall–Kier alpha value is -1.00. The molecule has 1 unspecified atom stereocenters.